The van der Waals surface area contributed by atoms with Crippen LogP contribution in [-0.4, -0.2) is 16.2 Å². The molecule has 21 heavy (non-hydrogen) atoms. The summed E-state index contributed by atoms with van der Waals surface area (Å²) in [5.74, 6) is 5.38. The molecule has 3 heteroatoms. The molecule has 0 bridgehead atoms. The fraction of sp³-hybridized carbons (Fsp3) is 0.611. The molecular weight excluding hydrogens is 264 g/mol. The van der Waals surface area contributed by atoms with Crippen LogP contribution in [0.2, 0.25) is 0 Å². The summed E-state index contributed by atoms with van der Waals surface area (Å²) in [5.41, 5.74) is 0. The number of carbonyl (C=O) groups is 1. The first-order valence-electron chi connectivity index (χ1n) is 7.77. The van der Waals surface area contributed by atoms with Gasteiger partial charge in [-0.1, -0.05) is 56.6 Å². The normalized spacial score (nSPS) is 10.0. The quantitative estimate of drug-likeness (QED) is 0.347. The highest BCUT2D eigenvalue weighted by Gasteiger charge is 1.89. The Hall–Kier alpha value is -1.69. The van der Waals surface area contributed by atoms with Gasteiger partial charge in [-0.25, -0.2) is 0 Å². The average molecular weight is 294 g/mol. The number of hydrogen-bond donors (Lipinski definition) is 2. The third kappa shape index (κ3) is 32.1. The molecule has 0 heterocycles. The number of carboxylic acid groups (broad SMARTS) is 1. The van der Waals surface area contributed by atoms with E-state index >= 15 is 0 Å². The van der Waals surface area contributed by atoms with Gasteiger partial charge in [-0.2, -0.15) is 0 Å². The van der Waals surface area contributed by atoms with Crippen LogP contribution in [0.3, 0.4) is 0 Å². The number of rotatable bonds is 9. The van der Waals surface area contributed by atoms with Crippen LogP contribution < -0.4 is 0 Å². The zero-order valence-electron chi connectivity index (χ0n) is 13.5. The van der Waals surface area contributed by atoms with Crippen molar-refractivity contribution in [3.05, 3.63) is 24.5 Å². The average Bonchev–Trinajstić information content (AvgIpc) is 2.43. The summed E-state index contributed by atoms with van der Waals surface area (Å²) in [5, 5.41) is 15.9. The van der Waals surface area contributed by atoms with Gasteiger partial charge in [0, 0.05) is 13.3 Å². The topological polar surface area (TPSA) is 57.5 Å². The molecule has 0 unspecified atom stereocenters. The Bertz CT molecular complexity index is 328. The number of carboxylic acids is 1. The molecule has 0 saturated heterocycles. The van der Waals surface area contributed by atoms with Gasteiger partial charge in [0.25, 0.3) is 5.97 Å². The third-order valence-electron chi connectivity index (χ3n) is 2.57. The second kappa shape index (κ2) is 20.6. The fourth-order valence-corrected chi connectivity index (χ4v) is 1.57. The summed E-state index contributed by atoms with van der Waals surface area (Å²) >= 11 is 0. The molecule has 0 aromatic carbocycles. The Labute approximate surface area is 129 Å². The standard InChI is InChI=1S/C16H26O.C2H4O2/c1-2-3-4-5-6-7-8-9-10-11-12-13-14-15-16-17;1-2(3)4/h3-4,15-17H,2,7-14H2,1H3;1H3,(H,3,4)/b4-3?,16-15-;. The van der Waals surface area contributed by atoms with Crippen LogP contribution in [0.1, 0.15) is 71.6 Å². The van der Waals surface area contributed by atoms with Crippen LogP contribution in [0.4, 0.5) is 0 Å². The summed E-state index contributed by atoms with van der Waals surface area (Å²) in [4.78, 5) is 9.00. The number of unbranched alkanes of at least 4 members (excludes halogenated alkanes) is 7. The first kappa shape index (κ1) is 21.6. The molecule has 0 spiro atoms. The molecule has 0 aliphatic heterocycles. The van der Waals surface area contributed by atoms with Gasteiger partial charge in [0.2, 0.25) is 0 Å². The van der Waals surface area contributed by atoms with Crippen LogP contribution in [-0.2, 0) is 4.79 Å². The molecule has 0 radical (unpaired) electrons. The highest BCUT2D eigenvalue weighted by atomic mass is 16.4. The summed E-state index contributed by atoms with van der Waals surface area (Å²) < 4.78 is 0. The van der Waals surface area contributed by atoms with Crippen LogP contribution in [0.25, 0.3) is 0 Å². The molecule has 0 saturated carbocycles. The lowest BCUT2D eigenvalue weighted by Gasteiger charge is -1.98. The molecule has 0 aromatic rings. The first-order valence-corrected chi connectivity index (χ1v) is 7.77. The maximum atomic E-state index is 9.00. The van der Waals surface area contributed by atoms with E-state index in [1.165, 1.54) is 38.5 Å². The summed E-state index contributed by atoms with van der Waals surface area (Å²) in [6.07, 6.45) is 17.7. The molecule has 0 aromatic heterocycles. The van der Waals surface area contributed by atoms with E-state index in [4.69, 9.17) is 15.0 Å². The Morgan fingerprint density at radius 1 is 1.05 bits per heavy atom. The smallest absolute Gasteiger partial charge is 0.300 e. The SMILES string of the molecule is CC(=O)O.CCC=CC#CCCCCCCCC/C=C\O. The minimum Gasteiger partial charge on any atom is -0.516 e. The maximum absolute atomic E-state index is 9.00. The van der Waals surface area contributed by atoms with Crippen molar-refractivity contribution in [1.82, 2.24) is 0 Å². The van der Waals surface area contributed by atoms with Crippen LogP contribution in [0, 0.1) is 11.8 Å². The van der Waals surface area contributed by atoms with E-state index in [-0.39, 0.29) is 0 Å². The zero-order chi connectivity index (χ0) is 16.2. The predicted octanol–water partition coefficient (Wildman–Crippen LogP) is 5.24. The van der Waals surface area contributed by atoms with Crippen LogP contribution in [0.15, 0.2) is 24.5 Å². The highest BCUT2D eigenvalue weighted by molar-refractivity contribution is 5.62. The van der Waals surface area contributed by atoms with Crippen molar-refractivity contribution in [2.45, 2.75) is 71.6 Å². The van der Waals surface area contributed by atoms with Gasteiger partial charge in [0.1, 0.15) is 0 Å². The minimum atomic E-state index is -0.833. The van der Waals surface area contributed by atoms with Crippen molar-refractivity contribution in [2.24, 2.45) is 0 Å². The molecule has 0 atom stereocenters. The van der Waals surface area contributed by atoms with Crippen molar-refractivity contribution < 1.29 is 15.0 Å². The monoisotopic (exact) mass is 294 g/mol. The number of hydrogen-bond acceptors (Lipinski definition) is 2. The summed E-state index contributed by atoms with van der Waals surface area (Å²) in [6, 6.07) is 0. The third-order valence-corrected chi connectivity index (χ3v) is 2.57. The zero-order valence-corrected chi connectivity index (χ0v) is 13.5. The molecule has 0 fully saturated rings. The van der Waals surface area contributed by atoms with Crippen molar-refractivity contribution >= 4 is 5.97 Å². The minimum absolute atomic E-state index is 0.833. The first-order chi connectivity index (χ1) is 10.1. The molecule has 3 nitrogen and oxygen atoms in total. The van der Waals surface area contributed by atoms with Crippen molar-refractivity contribution in [1.29, 1.82) is 0 Å². The van der Waals surface area contributed by atoms with Crippen molar-refractivity contribution in [3.8, 4) is 11.8 Å². The van der Waals surface area contributed by atoms with Crippen LogP contribution in [0.5, 0.6) is 0 Å². The maximum Gasteiger partial charge on any atom is 0.300 e. The molecule has 0 rings (SSSR count). The lowest BCUT2D eigenvalue weighted by molar-refractivity contribution is -0.134. The summed E-state index contributed by atoms with van der Waals surface area (Å²) in [6.45, 7) is 3.20. The van der Waals surface area contributed by atoms with Gasteiger partial charge in [-0.3, -0.25) is 4.79 Å². The largest absolute Gasteiger partial charge is 0.516 e. The van der Waals surface area contributed by atoms with Gasteiger partial charge >= 0.3 is 0 Å². The number of aliphatic hydroxyl groups excluding tert-OH is 1. The molecular formula is C18H30O3. The second-order valence-electron chi connectivity index (χ2n) is 4.70. The van der Waals surface area contributed by atoms with Gasteiger partial charge in [0.05, 0.1) is 6.26 Å². The number of aliphatic carboxylic acids is 1. The van der Waals surface area contributed by atoms with Crippen molar-refractivity contribution in [3.63, 3.8) is 0 Å². The van der Waals surface area contributed by atoms with E-state index in [0.717, 1.165) is 32.4 Å². The number of aliphatic hydroxyl groups is 1. The Kier molecular flexibility index (Phi) is 21.2. The Morgan fingerprint density at radius 2 is 1.62 bits per heavy atom. The predicted molar refractivity (Wildman–Crippen MR) is 89.2 cm³/mol. The van der Waals surface area contributed by atoms with Crippen molar-refractivity contribution in [2.75, 3.05) is 0 Å². The highest BCUT2D eigenvalue weighted by Crippen LogP contribution is 2.08. The van der Waals surface area contributed by atoms with Gasteiger partial charge < -0.3 is 10.2 Å². The number of allylic oxidation sites excluding steroid dienone is 3. The molecule has 120 valence electrons. The van der Waals surface area contributed by atoms with Crippen LogP contribution >= 0.6 is 0 Å². The van der Waals surface area contributed by atoms with E-state index in [0.29, 0.717) is 0 Å². The van der Waals surface area contributed by atoms with E-state index in [9.17, 15) is 0 Å². The summed E-state index contributed by atoms with van der Waals surface area (Å²) in [7, 11) is 0. The van der Waals surface area contributed by atoms with E-state index in [1.807, 2.05) is 12.2 Å². The molecule has 2 N–H and O–H groups in total. The van der Waals surface area contributed by atoms with Gasteiger partial charge in [-0.05, 0) is 31.8 Å². The lowest BCUT2D eigenvalue weighted by Crippen LogP contribution is -1.79. The molecule has 0 amide bonds. The lowest BCUT2D eigenvalue weighted by atomic mass is 10.1. The molecule has 0 aliphatic carbocycles. The van der Waals surface area contributed by atoms with E-state index < -0.39 is 5.97 Å². The van der Waals surface area contributed by atoms with E-state index in [1.54, 1.807) is 0 Å². The Morgan fingerprint density at radius 3 is 2.19 bits per heavy atom. The Balaban J connectivity index is 0. The van der Waals surface area contributed by atoms with E-state index in [2.05, 4.69) is 24.8 Å². The molecule has 0 aliphatic rings. The fourth-order valence-electron chi connectivity index (χ4n) is 1.57. The van der Waals surface area contributed by atoms with Gasteiger partial charge in [0.15, 0.2) is 0 Å². The van der Waals surface area contributed by atoms with Gasteiger partial charge in [-0.15, -0.1) is 0 Å². The second-order valence-corrected chi connectivity index (χ2v) is 4.70.